The molecule has 0 unspecified atom stereocenters. The normalized spacial score (nSPS) is 10.5. The molecule has 7 heteroatoms. The van der Waals surface area contributed by atoms with E-state index < -0.39 is 0 Å². The number of nitrogens with two attached hydrogens (primary N) is 1. The molecule has 1 aromatic heterocycles. The van der Waals surface area contributed by atoms with E-state index in [1.54, 1.807) is 18.2 Å². The number of hydrogen-bond donors (Lipinski definition) is 3. The first kappa shape index (κ1) is 13.9. The lowest BCUT2D eigenvalue weighted by Crippen LogP contribution is -2.14. The van der Waals surface area contributed by atoms with Crippen LogP contribution in [-0.2, 0) is 6.42 Å². The maximum atomic E-state index is 12.0. The number of nitrogens with zero attached hydrogens (tertiary/aromatic N) is 1. The standard InChI is InChI=1S/C12H12BrClN4O/c1-2-9-10(15)11(18-17-9)12(19)16-6-3-4-8(14)7(13)5-6/h3-5H,2,15H2,1H3,(H,16,19)(H,17,18). The molecular weight excluding hydrogens is 332 g/mol. The maximum Gasteiger partial charge on any atom is 0.278 e. The van der Waals surface area contributed by atoms with Crippen molar-refractivity contribution in [2.45, 2.75) is 13.3 Å². The van der Waals surface area contributed by atoms with Crippen molar-refractivity contribution in [2.75, 3.05) is 11.1 Å². The van der Waals surface area contributed by atoms with Crippen LogP contribution in [0.4, 0.5) is 11.4 Å². The molecule has 5 nitrogen and oxygen atoms in total. The number of nitrogens with one attached hydrogen (secondary N) is 2. The zero-order chi connectivity index (χ0) is 14.0. The number of amides is 1. The first-order valence-corrected chi connectivity index (χ1v) is 6.79. The number of rotatable bonds is 3. The van der Waals surface area contributed by atoms with Crippen LogP contribution in [0.25, 0.3) is 0 Å². The van der Waals surface area contributed by atoms with Gasteiger partial charge in [0.25, 0.3) is 5.91 Å². The number of anilines is 2. The smallest absolute Gasteiger partial charge is 0.278 e. The zero-order valence-corrected chi connectivity index (χ0v) is 12.5. The molecule has 0 aliphatic heterocycles. The number of carbonyl (C=O) groups excluding carboxylic acids is 1. The average molecular weight is 344 g/mol. The van der Waals surface area contributed by atoms with Crippen molar-refractivity contribution >= 4 is 44.8 Å². The Morgan fingerprint density at radius 1 is 1.58 bits per heavy atom. The Morgan fingerprint density at radius 2 is 2.32 bits per heavy atom. The second-order valence-electron chi connectivity index (χ2n) is 3.90. The molecule has 4 N–H and O–H groups in total. The third kappa shape index (κ3) is 2.90. The van der Waals surface area contributed by atoms with E-state index in [0.29, 0.717) is 27.3 Å². The van der Waals surface area contributed by atoms with Crippen LogP contribution in [-0.4, -0.2) is 16.1 Å². The molecule has 1 heterocycles. The van der Waals surface area contributed by atoms with Crippen LogP contribution < -0.4 is 11.1 Å². The summed E-state index contributed by atoms with van der Waals surface area (Å²) in [5.41, 5.74) is 7.78. The molecule has 0 spiro atoms. The van der Waals surface area contributed by atoms with E-state index in [9.17, 15) is 4.79 Å². The number of carbonyl (C=O) groups is 1. The fourth-order valence-corrected chi connectivity index (χ4v) is 2.09. The van der Waals surface area contributed by atoms with Gasteiger partial charge in [-0.2, -0.15) is 5.10 Å². The summed E-state index contributed by atoms with van der Waals surface area (Å²) >= 11 is 9.18. The predicted octanol–water partition coefficient (Wildman–Crippen LogP) is 3.22. The van der Waals surface area contributed by atoms with Gasteiger partial charge in [-0.15, -0.1) is 0 Å². The first-order valence-electron chi connectivity index (χ1n) is 5.62. The SMILES string of the molecule is CCc1[nH]nc(C(=O)Nc2ccc(Cl)c(Br)c2)c1N. The number of H-pyrrole nitrogens is 1. The summed E-state index contributed by atoms with van der Waals surface area (Å²) in [4.78, 5) is 12.0. The van der Waals surface area contributed by atoms with Crippen LogP contribution in [0.2, 0.25) is 5.02 Å². The maximum absolute atomic E-state index is 12.0. The molecule has 0 saturated carbocycles. The van der Waals surface area contributed by atoms with Gasteiger partial charge in [0.05, 0.1) is 16.4 Å². The van der Waals surface area contributed by atoms with E-state index in [1.165, 1.54) is 0 Å². The molecular formula is C12H12BrClN4O. The second-order valence-corrected chi connectivity index (χ2v) is 5.16. The van der Waals surface area contributed by atoms with E-state index in [-0.39, 0.29) is 11.6 Å². The van der Waals surface area contributed by atoms with Gasteiger partial charge in [-0.25, -0.2) is 0 Å². The molecule has 0 fully saturated rings. The van der Waals surface area contributed by atoms with Crippen molar-refractivity contribution < 1.29 is 4.79 Å². The van der Waals surface area contributed by atoms with Gasteiger partial charge in [-0.1, -0.05) is 18.5 Å². The summed E-state index contributed by atoms with van der Waals surface area (Å²) < 4.78 is 0.705. The van der Waals surface area contributed by atoms with Crippen molar-refractivity contribution in [3.8, 4) is 0 Å². The Balaban J connectivity index is 2.20. The molecule has 1 amide bonds. The molecule has 19 heavy (non-hydrogen) atoms. The highest BCUT2D eigenvalue weighted by atomic mass is 79.9. The molecule has 1 aromatic carbocycles. The number of hydrogen-bond acceptors (Lipinski definition) is 3. The number of halogens is 2. The Morgan fingerprint density at radius 3 is 2.89 bits per heavy atom. The molecule has 0 atom stereocenters. The predicted molar refractivity (Wildman–Crippen MR) is 79.5 cm³/mol. The summed E-state index contributed by atoms with van der Waals surface area (Å²) in [6.45, 7) is 1.93. The van der Waals surface area contributed by atoms with E-state index >= 15 is 0 Å². The van der Waals surface area contributed by atoms with Gasteiger partial charge in [-0.05, 0) is 40.5 Å². The number of aromatic amines is 1. The molecule has 2 rings (SSSR count). The van der Waals surface area contributed by atoms with Crippen molar-refractivity contribution in [3.63, 3.8) is 0 Å². The van der Waals surface area contributed by atoms with Gasteiger partial charge in [0.15, 0.2) is 5.69 Å². The Bertz CT molecular complexity index is 626. The van der Waals surface area contributed by atoms with Crippen LogP contribution in [0.5, 0.6) is 0 Å². The molecule has 0 aliphatic rings. The van der Waals surface area contributed by atoms with Gasteiger partial charge in [0.2, 0.25) is 0 Å². The Hall–Kier alpha value is -1.53. The molecule has 0 radical (unpaired) electrons. The average Bonchev–Trinajstić information content (AvgIpc) is 2.75. The number of nitrogen functional groups attached to an aromatic ring is 1. The van der Waals surface area contributed by atoms with Crippen molar-refractivity contribution in [2.24, 2.45) is 0 Å². The fraction of sp³-hybridized carbons (Fsp3) is 0.167. The highest BCUT2D eigenvalue weighted by molar-refractivity contribution is 9.10. The number of benzene rings is 1. The van der Waals surface area contributed by atoms with Crippen LogP contribution in [0.3, 0.4) is 0 Å². The van der Waals surface area contributed by atoms with E-state index in [1.807, 2.05) is 6.92 Å². The van der Waals surface area contributed by atoms with Crippen molar-refractivity contribution in [3.05, 3.63) is 39.1 Å². The van der Waals surface area contributed by atoms with Crippen LogP contribution in [0.15, 0.2) is 22.7 Å². The van der Waals surface area contributed by atoms with Gasteiger partial charge in [0, 0.05) is 10.2 Å². The van der Waals surface area contributed by atoms with Gasteiger partial charge in [0.1, 0.15) is 0 Å². The number of aryl methyl sites for hydroxylation is 1. The topological polar surface area (TPSA) is 83.8 Å². The van der Waals surface area contributed by atoms with E-state index in [0.717, 1.165) is 5.69 Å². The minimum absolute atomic E-state index is 0.197. The molecule has 100 valence electrons. The lowest BCUT2D eigenvalue weighted by atomic mass is 10.2. The quantitative estimate of drug-likeness (QED) is 0.800. The van der Waals surface area contributed by atoms with E-state index in [2.05, 4.69) is 31.4 Å². The highest BCUT2D eigenvalue weighted by Gasteiger charge is 2.16. The first-order chi connectivity index (χ1) is 9.02. The second kappa shape index (κ2) is 5.63. The molecule has 0 saturated heterocycles. The minimum Gasteiger partial charge on any atom is -0.395 e. The van der Waals surface area contributed by atoms with Gasteiger partial charge in [-0.3, -0.25) is 9.89 Å². The van der Waals surface area contributed by atoms with E-state index in [4.69, 9.17) is 17.3 Å². The van der Waals surface area contributed by atoms with Gasteiger partial charge >= 0.3 is 0 Å². The summed E-state index contributed by atoms with van der Waals surface area (Å²) in [7, 11) is 0. The fourth-order valence-electron chi connectivity index (χ4n) is 1.59. The van der Waals surface area contributed by atoms with Crippen LogP contribution in [0.1, 0.15) is 23.1 Å². The third-order valence-corrected chi connectivity index (χ3v) is 3.84. The molecule has 0 aliphatic carbocycles. The number of aromatic nitrogens is 2. The van der Waals surface area contributed by atoms with Crippen molar-refractivity contribution in [1.29, 1.82) is 0 Å². The monoisotopic (exact) mass is 342 g/mol. The summed E-state index contributed by atoms with van der Waals surface area (Å²) in [6, 6.07) is 5.10. The molecule has 0 bridgehead atoms. The van der Waals surface area contributed by atoms with Gasteiger partial charge < -0.3 is 11.1 Å². The van der Waals surface area contributed by atoms with Crippen LogP contribution in [0, 0.1) is 0 Å². The summed E-state index contributed by atoms with van der Waals surface area (Å²) in [5, 5.41) is 9.96. The summed E-state index contributed by atoms with van der Waals surface area (Å²) in [6.07, 6.45) is 0.693. The zero-order valence-electron chi connectivity index (χ0n) is 10.1. The lowest BCUT2D eigenvalue weighted by molar-refractivity contribution is 0.102. The van der Waals surface area contributed by atoms with Crippen molar-refractivity contribution in [1.82, 2.24) is 10.2 Å². The highest BCUT2D eigenvalue weighted by Crippen LogP contribution is 2.26. The summed E-state index contributed by atoms with van der Waals surface area (Å²) in [5.74, 6) is -0.359. The Labute approximate surface area is 123 Å². The third-order valence-electron chi connectivity index (χ3n) is 2.63. The Kier molecular flexibility index (Phi) is 4.11. The van der Waals surface area contributed by atoms with Crippen LogP contribution >= 0.6 is 27.5 Å². The largest absolute Gasteiger partial charge is 0.395 e. The lowest BCUT2D eigenvalue weighted by Gasteiger charge is -2.05. The molecule has 2 aromatic rings. The minimum atomic E-state index is -0.359.